The summed E-state index contributed by atoms with van der Waals surface area (Å²) in [5, 5.41) is 5.70. The molecule has 78 valence electrons. The van der Waals surface area contributed by atoms with E-state index >= 15 is 0 Å². The second kappa shape index (κ2) is 4.65. The highest BCUT2D eigenvalue weighted by atomic mass is 35.5. The number of hydrogen-bond acceptors (Lipinski definition) is 2. The molecule has 1 heterocycles. The largest absolute Gasteiger partial charge is 0.310 e. The van der Waals surface area contributed by atoms with Gasteiger partial charge in [0.1, 0.15) is 0 Å². The molecule has 1 aromatic rings. The predicted octanol–water partition coefficient (Wildman–Crippen LogP) is 3.85. The first-order valence-corrected chi connectivity index (χ1v) is 6.49. The van der Waals surface area contributed by atoms with Crippen LogP contribution in [0, 0.1) is 5.92 Å². The predicted molar refractivity (Wildman–Crippen MR) is 63.1 cm³/mol. The quantitative estimate of drug-likeness (QED) is 0.827. The summed E-state index contributed by atoms with van der Waals surface area (Å²) in [6.45, 7) is 3.37. The van der Waals surface area contributed by atoms with E-state index in [1.807, 2.05) is 0 Å². The summed E-state index contributed by atoms with van der Waals surface area (Å²) in [6.07, 6.45) is 4.24. The summed E-state index contributed by atoms with van der Waals surface area (Å²) in [4.78, 5) is 0. The molecular formula is C11H16ClNS. The van der Waals surface area contributed by atoms with Crippen LogP contribution in [0.2, 0.25) is 4.34 Å². The Kier molecular flexibility index (Phi) is 3.47. The Labute approximate surface area is 94.5 Å². The van der Waals surface area contributed by atoms with Crippen LogP contribution in [0.5, 0.6) is 0 Å². The van der Waals surface area contributed by atoms with Crippen molar-refractivity contribution in [1.29, 1.82) is 0 Å². The molecule has 14 heavy (non-hydrogen) atoms. The van der Waals surface area contributed by atoms with Gasteiger partial charge in [0, 0.05) is 6.04 Å². The molecule has 0 radical (unpaired) electrons. The van der Waals surface area contributed by atoms with Gasteiger partial charge in [-0.3, -0.25) is 0 Å². The molecule has 1 unspecified atom stereocenters. The molecule has 1 fully saturated rings. The Balaban J connectivity index is 1.79. The number of halogens is 1. The lowest BCUT2D eigenvalue weighted by Crippen LogP contribution is -2.29. The maximum absolute atomic E-state index is 5.90. The van der Waals surface area contributed by atoms with E-state index in [2.05, 4.69) is 23.7 Å². The Hall–Kier alpha value is -0.0500. The Morgan fingerprint density at radius 2 is 2.43 bits per heavy atom. The van der Waals surface area contributed by atoms with Gasteiger partial charge < -0.3 is 5.32 Å². The summed E-state index contributed by atoms with van der Waals surface area (Å²) >= 11 is 7.51. The third kappa shape index (κ3) is 2.50. The van der Waals surface area contributed by atoms with E-state index < -0.39 is 0 Å². The van der Waals surface area contributed by atoms with E-state index in [9.17, 15) is 0 Å². The molecule has 0 aromatic carbocycles. The molecule has 1 aromatic heterocycles. The van der Waals surface area contributed by atoms with E-state index in [1.54, 1.807) is 11.3 Å². The van der Waals surface area contributed by atoms with Gasteiger partial charge in [-0.2, -0.15) is 0 Å². The maximum atomic E-state index is 5.90. The SMILES string of the molecule is CC(NCC1CCC1)c1csc(Cl)c1. The zero-order valence-corrected chi connectivity index (χ0v) is 10.00. The van der Waals surface area contributed by atoms with Crippen LogP contribution in [0.25, 0.3) is 0 Å². The summed E-state index contributed by atoms with van der Waals surface area (Å²) in [6, 6.07) is 2.50. The van der Waals surface area contributed by atoms with Crippen molar-refractivity contribution in [3.05, 3.63) is 21.3 Å². The van der Waals surface area contributed by atoms with Crippen molar-refractivity contribution in [2.45, 2.75) is 32.2 Å². The monoisotopic (exact) mass is 229 g/mol. The van der Waals surface area contributed by atoms with Crippen LogP contribution in [-0.2, 0) is 0 Å². The van der Waals surface area contributed by atoms with Gasteiger partial charge in [-0.25, -0.2) is 0 Å². The van der Waals surface area contributed by atoms with Crippen LogP contribution in [0.4, 0.5) is 0 Å². The first kappa shape index (κ1) is 10.5. The molecule has 0 bridgehead atoms. The van der Waals surface area contributed by atoms with Gasteiger partial charge in [0.25, 0.3) is 0 Å². The zero-order chi connectivity index (χ0) is 9.97. The summed E-state index contributed by atoms with van der Waals surface area (Å²) in [5.41, 5.74) is 1.32. The van der Waals surface area contributed by atoms with E-state index in [1.165, 1.54) is 24.8 Å². The van der Waals surface area contributed by atoms with E-state index in [0.717, 1.165) is 16.8 Å². The number of rotatable bonds is 4. The van der Waals surface area contributed by atoms with Crippen LogP contribution in [-0.4, -0.2) is 6.54 Å². The molecule has 1 atom stereocenters. The normalized spacial score (nSPS) is 19.3. The number of hydrogen-bond donors (Lipinski definition) is 1. The highest BCUT2D eigenvalue weighted by molar-refractivity contribution is 7.14. The van der Waals surface area contributed by atoms with Gasteiger partial charge in [0.05, 0.1) is 4.34 Å². The smallest absolute Gasteiger partial charge is 0.0931 e. The third-order valence-corrected chi connectivity index (χ3v) is 4.13. The van der Waals surface area contributed by atoms with Crippen LogP contribution in [0.1, 0.15) is 37.8 Å². The van der Waals surface area contributed by atoms with Crippen LogP contribution in [0.15, 0.2) is 11.4 Å². The Bertz CT molecular complexity index is 293. The minimum Gasteiger partial charge on any atom is -0.310 e. The first-order chi connectivity index (χ1) is 6.75. The summed E-state index contributed by atoms with van der Waals surface area (Å²) in [5.74, 6) is 0.923. The molecule has 2 rings (SSSR count). The van der Waals surface area contributed by atoms with Gasteiger partial charge in [0.2, 0.25) is 0 Å². The average molecular weight is 230 g/mol. The van der Waals surface area contributed by atoms with Crippen molar-refractivity contribution in [2.75, 3.05) is 6.54 Å². The summed E-state index contributed by atoms with van der Waals surface area (Å²) in [7, 11) is 0. The number of nitrogens with one attached hydrogen (secondary N) is 1. The van der Waals surface area contributed by atoms with Gasteiger partial charge in [-0.1, -0.05) is 18.0 Å². The van der Waals surface area contributed by atoms with E-state index in [0.29, 0.717) is 6.04 Å². The molecular weight excluding hydrogens is 214 g/mol. The van der Waals surface area contributed by atoms with Crippen LogP contribution in [0.3, 0.4) is 0 Å². The fourth-order valence-electron chi connectivity index (χ4n) is 1.71. The maximum Gasteiger partial charge on any atom is 0.0931 e. The molecule has 0 saturated heterocycles. The fraction of sp³-hybridized carbons (Fsp3) is 0.636. The molecule has 1 aliphatic carbocycles. The van der Waals surface area contributed by atoms with Gasteiger partial charge in [-0.15, -0.1) is 11.3 Å². The summed E-state index contributed by atoms with van der Waals surface area (Å²) < 4.78 is 0.886. The Morgan fingerprint density at radius 3 is 2.93 bits per heavy atom. The standard InChI is InChI=1S/C11H16ClNS/c1-8(10-5-11(12)14-7-10)13-6-9-3-2-4-9/h5,7-9,13H,2-4,6H2,1H3. The Morgan fingerprint density at radius 1 is 1.64 bits per heavy atom. The van der Waals surface area contributed by atoms with Crippen molar-refractivity contribution in [3.8, 4) is 0 Å². The molecule has 0 aliphatic heterocycles. The minimum atomic E-state index is 0.444. The van der Waals surface area contributed by atoms with Crippen LogP contribution < -0.4 is 5.32 Å². The minimum absolute atomic E-state index is 0.444. The lowest BCUT2D eigenvalue weighted by Gasteiger charge is -2.27. The molecule has 0 spiro atoms. The van der Waals surface area contributed by atoms with Crippen molar-refractivity contribution >= 4 is 22.9 Å². The molecule has 0 amide bonds. The van der Waals surface area contributed by atoms with Gasteiger partial charge in [-0.05, 0) is 49.2 Å². The molecule has 1 aliphatic rings. The van der Waals surface area contributed by atoms with Crippen molar-refractivity contribution in [2.24, 2.45) is 5.92 Å². The second-order valence-electron chi connectivity index (χ2n) is 4.11. The van der Waals surface area contributed by atoms with Gasteiger partial charge in [0.15, 0.2) is 0 Å². The van der Waals surface area contributed by atoms with E-state index in [4.69, 9.17) is 11.6 Å². The van der Waals surface area contributed by atoms with Crippen molar-refractivity contribution in [1.82, 2.24) is 5.32 Å². The first-order valence-electron chi connectivity index (χ1n) is 5.23. The highest BCUT2D eigenvalue weighted by Crippen LogP contribution is 2.28. The van der Waals surface area contributed by atoms with E-state index in [-0.39, 0.29) is 0 Å². The van der Waals surface area contributed by atoms with Crippen molar-refractivity contribution in [3.63, 3.8) is 0 Å². The lowest BCUT2D eigenvalue weighted by atomic mass is 9.85. The van der Waals surface area contributed by atoms with Crippen LogP contribution >= 0.6 is 22.9 Å². The fourth-order valence-corrected chi connectivity index (χ4v) is 2.69. The zero-order valence-electron chi connectivity index (χ0n) is 8.42. The second-order valence-corrected chi connectivity index (χ2v) is 5.65. The average Bonchev–Trinajstić information content (AvgIpc) is 2.49. The molecule has 3 heteroatoms. The molecule has 1 saturated carbocycles. The van der Waals surface area contributed by atoms with Crippen molar-refractivity contribution < 1.29 is 0 Å². The molecule has 1 nitrogen and oxygen atoms in total. The highest BCUT2D eigenvalue weighted by Gasteiger charge is 2.18. The topological polar surface area (TPSA) is 12.0 Å². The van der Waals surface area contributed by atoms with Gasteiger partial charge >= 0.3 is 0 Å². The number of thiophene rings is 1. The lowest BCUT2D eigenvalue weighted by molar-refractivity contribution is 0.292. The third-order valence-electron chi connectivity index (χ3n) is 3.03. The molecule has 1 N–H and O–H groups in total.